The molecule has 5 nitrogen and oxygen atoms in total. The van der Waals surface area contributed by atoms with E-state index in [-0.39, 0.29) is 10.0 Å². The molecule has 0 saturated carbocycles. The van der Waals surface area contributed by atoms with E-state index >= 15 is 0 Å². The first-order chi connectivity index (χ1) is 12.5. The van der Waals surface area contributed by atoms with Gasteiger partial charge in [-0.05, 0) is 31.4 Å². The summed E-state index contributed by atoms with van der Waals surface area (Å²) in [7, 11) is 0. The zero-order valence-corrected chi connectivity index (χ0v) is 17.1. The second-order valence-electron chi connectivity index (χ2n) is 7.65. The van der Waals surface area contributed by atoms with E-state index in [9.17, 15) is 24.2 Å². The second-order valence-corrected chi connectivity index (χ2v) is 8.44. The van der Waals surface area contributed by atoms with E-state index in [1.165, 1.54) is 6.92 Å². The molecule has 1 fully saturated rings. The predicted molar refractivity (Wildman–Crippen MR) is 102 cm³/mol. The Bertz CT molecular complexity index is 759. The Morgan fingerprint density at radius 2 is 1.85 bits per heavy atom. The van der Waals surface area contributed by atoms with E-state index in [1.54, 1.807) is 39.0 Å². The van der Waals surface area contributed by atoms with Crippen LogP contribution in [0.1, 0.15) is 39.2 Å². The normalized spacial score (nSPS) is 33.9. The molecule has 0 aromatic heterocycles. The Morgan fingerprint density at radius 1 is 1.26 bits per heavy atom. The average molecular weight is 420 g/mol. The average Bonchev–Trinajstić information content (AvgIpc) is 2.58. The van der Waals surface area contributed by atoms with Gasteiger partial charge in [-0.1, -0.05) is 49.2 Å². The summed E-state index contributed by atoms with van der Waals surface area (Å²) in [6.45, 7) is 5.49. The number of hydrogen-bond acceptors (Lipinski definition) is 3. The molecule has 0 radical (unpaired) electrons. The van der Waals surface area contributed by atoms with Crippen molar-refractivity contribution in [2.75, 3.05) is 6.67 Å². The number of carboxylic acid groups (broad SMARTS) is 2. The minimum atomic E-state index is -1.77. The molecule has 1 aromatic carbocycles. The highest BCUT2D eigenvalue weighted by Crippen LogP contribution is 2.59. The zero-order chi connectivity index (χ0) is 20.7. The van der Waals surface area contributed by atoms with Gasteiger partial charge in [0.2, 0.25) is 0 Å². The van der Waals surface area contributed by atoms with Crippen LogP contribution in [0, 0.1) is 16.7 Å². The van der Waals surface area contributed by atoms with Crippen molar-refractivity contribution >= 4 is 35.1 Å². The molecule has 0 aliphatic carbocycles. The highest BCUT2D eigenvalue weighted by Gasteiger charge is 2.67. The van der Waals surface area contributed by atoms with E-state index in [2.05, 4.69) is 5.32 Å². The summed E-state index contributed by atoms with van der Waals surface area (Å²) in [6.07, 6.45) is 0. The summed E-state index contributed by atoms with van der Waals surface area (Å²) in [4.78, 5) is 25.0. The Balaban J connectivity index is 2.97. The summed E-state index contributed by atoms with van der Waals surface area (Å²) in [5.74, 6) is -4.04. The maximum atomic E-state index is 13.9. The van der Waals surface area contributed by atoms with Crippen molar-refractivity contribution in [3.05, 3.63) is 33.8 Å². The van der Waals surface area contributed by atoms with Crippen molar-refractivity contribution in [2.24, 2.45) is 16.7 Å². The number of benzene rings is 1. The van der Waals surface area contributed by atoms with E-state index in [4.69, 9.17) is 23.2 Å². The van der Waals surface area contributed by atoms with Crippen molar-refractivity contribution < 1.29 is 24.2 Å². The molecule has 1 aliphatic heterocycles. The summed E-state index contributed by atoms with van der Waals surface area (Å²) in [5, 5.41) is 23.6. The first-order valence-corrected chi connectivity index (χ1v) is 9.45. The third kappa shape index (κ3) is 3.02. The van der Waals surface area contributed by atoms with Crippen LogP contribution in [0.2, 0.25) is 10.0 Å². The molecule has 0 bridgehead atoms. The molecule has 1 heterocycles. The molecule has 0 amide bonds. The highest BCUT2D eigenvalue weighted by atomic mass is 35.5. The number of rotatable bonds is 5. The minimum absolute atomic E-state index is 0.0922. The van der Waals surface area contributed by atoms with E-state index < -0.39 is 53.4 Å². The quantitative estimate of drug-likeness (QED) is 0.664. The van der Waals surface area contributed by atoms with E-state index in [0.717, 1.165) is 0 Å². The molecule has 1 aliphatic rings. The molecule has 3 N–H and O–H groups in total. The van der Waals surface area contributed by atoms with Gasteiger partial charge in [0.1, 0.15) is 6.67 Å². The fourth-order valence-corrected chi connectivity index (χ4v) is 5.17. The maximum absolute atomic E-state index is 13.9. The molecule has 150 valence electrons. The SMILES string of the molecule is CC(C)C1(C(=O)O)C(C)NC(CF)C(C)(C(=O)O)C1c1cccc(Cl)c1Cl. The van der Waals surface area contributed by atoms with Gasteiger partial charge in [-0.3, -0.25) is 9.59 Å². The molecule has 5 unspecified atom stereocenters. The first kappa shape index (κ1) is 21.9. The van der Waals surface area contributed by atoms with E-state index in [0.29, 0.717) is 5.56 Å². The number of piperidine rings is 1. The molecular weight excluding hydrogens is 396 g/mol. The predicted octanol–water partition coefficient (Wildman–Crippen LogP) is 4.22. The molecule has 5 atom stereocenters. The largest absolute Gasteiger partial charge is 0.481 e. The number of carboxylic acids is 2. The fourth-order valence-electron chi connectivity index (χ4n) is 4.75. The van der Waals surface area contributed by atoms with Crippen molar-refractivity contribution in [3.63, 3.8) is 0 Å². The second kappa shape index (κ2) is 7.57. The Kier molecular flexibility index (Phi) is 6.15. The van der Waals surface area contributed by atoms with Crippen LogP contribution in [-0.4, -0.2) is 40.9 Å². The maximum Gasteiger partial charge on any atom is 0.312 e. The number of halogens is 3. The Hall–Kier alpha value is -1.37. The Labute approximate surface area is 167 Å². The highest BCUT2D eigenvalue weighted by molar-refractivity contribution is 6.42. The third-order valence-electron chi connectivity index (χ3n) is 6.20. The number of hydrogen-bond donors (Lipinski definition) is 3. The third-order valence-corrected chi connectivity index (χ3v) is 7.04. The van der Waals surface area contributed by atoms with Crippen LogP contribution < -0.4 is 5.32 Å². The number of alkyl halides is 1. The van der Waals surface area contributed by atoms with Crippen molar-refractivity contribution in [1.82, 2.24) is 5.32 Å². The molecule has 8 heteroatoms. The summed E-state index contributed by atoms with van der Waals surface area (Å²) >= 11 is 12.5. The van der Waals surface area contributed by atoms with Crippen LogP contribution in [0.5, 0.6) is 0 Å². The zero-order valence-electron chi connectivity index (χ0n) is 15.6. The number of carbonyl (C=O) groups is 2. The lowest BCUT2D eigenvalue weighted by atomic mass is 9.49. The monoisotopic (exact) mass is 419 g/mol. The molecule has 27 heavy (non-hydrogen) atoms. The van der Waals surface area contributed by atoms with Crippen LogP contribution in [0.25, 0.3) is 0 Å². The lowest BCUT2D eigenvalue weighted by Gasteiger charge is -2.58. The van der Waals surface area contributed by atoms with Gasteiger partial charge in [-0.2, -0.15) is 0 Å². The van der Waals surface area contributed by atoms with Crippen LogP contribution in [-0.2, 0) is 9.59 Å². The van der Waals surface area contributed by atoms with Crippen molar-refractivity contribution in [3.8, 4) is 0 Å². The van der Waals surface area contributed by atoms with Crippen LogP contribution >= 0.6 is 23.2 Å². The fraction of sp³-hybridized carbons (Fsp3) is 0.579. The molecule has 0 spiro atoms. The first-order valence-electron chi connectivity index (χ1n) is 8.69. The van der Waals surface area contributed by atoms with Crippen LogP contribution in [0.3, 0.4) is 0 Å². The standard InChI is InChI=1S/C19H24Cl2FNO4/c1-9(2)19(17(26)27)10(3)23-13(8-22)18(4,16(24)25)15(19)11-6-5-7-12(20)14(11)21/h5-7,9-10,13,15,23H,8H2,1-4H3,(H,24,25)(H,26,27). The Morgan fingerprint density at radius 3 is 2.30 bits per heavy atom. The van der Waals surface area contributed by atoms with Gasteiger partial charge in [-0.25, -0.2) is 4.39 Å². The summed E-state index contributed by atoms with van der Waals surface area (Å²) in [5.41, 5.74) is -3.01. The van der Waals surface area contributed by atoms with Gasteiger partial charge >= 0.3 is 11.9 Å². The van der Waals surface area contributed by atoms with Gasteiger partial charge < -0.3 is 15.5 Å². The smallest absolute Gasteiger partial charge is 0.312 e. The number of nitrogens with one attached hydrogen (secondary N) is 1. The van der Waals surface area contributed by atoms with Gasteiger partial charge in [-0.15, -0.1) is 0 Å². The minimum Gasteiger partial charge on any atom is -0.481 e. The van der Waals surface area contributed by atoms with Gasteiger partial charge in [0.15, 0.2) is 0 Å². The lowest BCUT2D eigenvalue weighted by molar-refractivity contribution is -0.176. The summed E-state index contributed by atoms with van der Waals surface area (Å²) < 4.78 is 13.9. The van der Waals surface area contributed by atoms with Crippen LogP contribution in [0.15, 0.2) is 18.2 Å². The van der Waals surface area contributed by atoms with Crippen molar-refractivity contribution in [1.29, 1.82) is 0 Å². The lowest BCUT2D eigenvalue weighted by Crippen LogP contribution is -2.71. The van der Waals surface area contributed by atoms with Gasteiger partial charge in [0, 0.05) is 12.0 Å². The van der Waals surface area contributed by atoms with E-state index in [1.807, 2.05) is 0 Å². The number of aliphatic carboxylic acids is 2. The van der Waals surface area contributed by atoms with Crippen LogP contribution in [0.4, 0.5) is 4.39 Å². The molecular formula is C19H24Cl2FNO4. The molecule has 1 aromatic rings. The van der Waals surface area contributed by atoms with Gasteiger partial charge in [0.05, 0.1) is 26.9 Å². The summed E-state index contributed by atoms with van der Waals surface area (Å²) in [6, 6.07) is 2.92. The topological polar surface area (TPSA) is 86.6 Å². The molecule has 2 rings (SSSR count). The van der Waals surface area contributed by atoms with Gasteiger partial charge in [0.25, 0.3) is 0 Å². The molecule has 1 saturated heterocycles. The van der Waals surface area contributed by atoms with Crippen molar-refractivity contribution in [2.45, 2.75) is 45.7 Å².